The van der Waals surface area contributed by atoms with Gasteiger partial charge in [-0.05, 0) is 54.5 Å². The number of halogens is 1. The summed E-state index contributed by atoms with van der Waals surface area (Å²) >= 11 is 5.23. The fraction of sp³-hybridized carbons (Fsp3) is 0.294. The number of hydrogen-bond acceptors (Lipinski definition) is 3. The molecule has 1 aromatic heterocycles. The molecule has 0 spiro atoms. The van der Waals surface area contributed by atoms with Crippen LogP contribution in [0.1, 0.15) is 25.3 Å². The summed E-state index contributed by atoms with van der Waals surface area (Å²) < 4.78 is 1.09. The van der Waals surface area contributed by atoms with E-state index in [9.17, 15) is 5.26 Å². The quantitative estimate of drug-likeness (QED) is 0.664. The molecule has 0 aliphatic heterocycles. The van der Waals surface area contributed by atoms with E-state index in [1.807, 2.05) is 30.5 Å². The van der Waals surface area contributed by atoms with Crippen molar-refractivity contribution in [2.45, 2.75) is 30.1 Å². The standard InChI is InChI=1S/C17H17BrN2S/c1-2-17(13-19,14-4-3-10-20-12-14)9-11-21-16-7-5-15(18)6-8-16/h3-8,10,12H,2,9,11H2,1H3. The van der Waals surface area contributed by atoms with Crippen molar-refractivity contribution in [1.82, 2.24) is 4.98 Å². The van der Waals surface area contributed by atoms with E-state index in [0.717, 1.165) is 28.6 Å². The highest BCUT2D eigenvalue weighted by molar-refractivity contribution is 9.10. The summed E-state index contributed by atoms with van der Waals surface area (Å²) in [7, 11) is 0. The smallest absolute Gasteiger partial charge is 0.0842 e. The summed E-state index contributed by atoms with van der Waals surface area (Å²) in [5.41, 5.74) is 0.586. The maximum absolute atomic E-state index is 9.67. The van der Waals surface area contributed by atoms with Crippen LogP contribution in [0.15, 0.2) is 58.2 Å². The van der Waals surface area contributed by atoms with E-state index in [-0.39, 0.29) is 0 Å². The lowest BCUT2D eigenvalue weighted by atomic mass is 9.78. The van der Waals surface area contributed by atoms with Gasteiger partial charge >= 0.3 is 0 Å². The summed E-state index contributed by atoms with van der Waals surface area (Å²) in [5.74, 6) is 0.915. The van der Waals surface area contributed by atoms with E-state index in [1.54, 1.807) is 18.0 Å². The highest BCUT2D eigenvalue weighted by atomic mass is 79.9. The molecule has 1 unspecified atom stereocenters. The van der Waals surface area contributed by atoms with Crippen LogP contribution in [0.25, 0.3) is 0 Å². The molecule has 0 saturated heterocycles. The van der Waals surface area contributed by atoms with Crippen LogP contribution in [0.3, 0.4) is 0 Å². The number of pyridine rings is 1. The van der Waals surface area contributed by atoms with Gasteiger partial charge in [0.15, 0.2) is 0 Å². The molecule has 0 aliphatic carbocycles. The second-order valence-corrected chi connectivity index (χ2v) is 6.93. The Hall–Kier alpha value is -1.31. The van der Waals surface area contributed by atoms with Gasteiger partial charge in [-0.2, -0.15) is 5.26 Å². The molecule has 2 nitrogen and oxygen atoms in total. The van der Waals surface area contributed by atoms with Crippen molar-refractivity contribution in [1.29, 1.82) is 5.26 Å². The zero-order valence-corrected chi connectivity index (χ0v) is 14.3. The SMILES string of the molecule is CCC(C#N)(CCSc1ccc(Br)cc1)c1cccnc1. The van der Waals surface area contributed by atoms with Gasteiger partial charge in [0.1, 0.15) is 0 Å². The van der Waals surface area contributed by atoms with Gasteiger partial charge in [0, 0.05) is 21.8 Å². The van der Waals surface area contributed by atoms with Gasteiger partial charge in [-0.1, -0.05) is 28.9 Å². The average molecular weight is 361 g/mol. The maximum Gasteiger partial charge on any atom is 0.0842 e. The van der Waals surface area contributed by atoms with E-state index in [4.69, 9.17) is 0 Å². The molecule has 0 fully saturated rings. The van der Waals surface area contributed by atoms with E-state index in [1.165, 1.54) is 4.90 Å². The Morgan fingerprint density at radius 3 is 2.62 bits per heavy atom. The second kappa shape index (κ2) is 7.63. The van der Waals surface area contributed by atoms with Crippen LogP contribution in [-0.4, -0.2) is 10.7 Å². The topological polar surface area (TPSA) is 36.7 Å². The van der Waals surface area contributed by atoms with Crippen molar-refractivity contribution in [3.05, 3.63) is 58.8 Å². The predicted octanol–water partition coefficient (Wildman–Crippen LogP) is 5.20. The minimum absolute atomic E-state index is 0.434. The van der Waals surface area contributed by atoms with Crippen molar-refractivity contribution in [3.63, 3.8) is 0 Å². The number of nitriles is 1. The number of rotatable bonds is 6. The third kappa shape index (κ3) is 4.09. The van der Waals surface area contributed by atoms with Gasteiger partial charge in [-0.25, -0.2) is 0 Å². The molecule has 0 amide bonds. The van der Waals surface area contributed by atoms with Crippen molar-refractivity contribution in [2.24, 2.45) is 0 Å². The predicted molar refractivity (Wildman–Crippen MR) is 91.3 cm³/mol. The number of thioether (sulfide) groups is 1. The number of hydrogen-bond donors (Lipinski definition) is 0. The first-order valence-corrected chi connectivity index (χ1v) is 8.68. The third-order valence-electron chi connectivity index (χ3n) is 3.64. The fourth-order valence-electron chi connectivity index (χ4n) is 2.24. The summed E-state index contributed by atoms with van der Waals surface area (Å²) in [6.45, 7) is 2.07. The van der Waals surface area contributed by atoms with Crippen molar-refractivity contribution in [2.75, 3.05) is 5.75 Å². The second-order valence-electron chi connectivity index (χ2n) is 4.84. The lowest BCUT2D eigenvalue weighted by molar-refractivity contribution is 0.513. The van der Waals surface area contributed by atoms with Gasteiger partial charge in [-0.3, -0.25) is 4.98 Å². The average Bonchev–Trinajstić information content (AvgIpc) is 2.55. The Balaban J connectivity index is 2.04. The summed E-state index contributed by atoms with van der Waals surface area (Å²) in [6.07, 6.45) is 5.19. The maximum atomic E-state index is 9.67. The molecule has 2 rings (SSSR count). The van der Waals surface area contributed by atoms with Crippen molar-refractivity contribution < 1.29 is 0 Å². The zero-order chi connectivity index (χ0) is 15.1. The van der Waals surface area contributed by atoms with Gasteiger partial charge in [0.05, 0.1) is 11.5 Å². The monoisotopic (exact) mass is 360 g/mol. The van der Waals surface area contributed by atoms with Gasteiger partial charge < -0.3 is 0 Å². The molecule has 1 atom stereocenters. The Morgan fingerprint density at radius 1 is 1.29 bits per heavy atom. The normalized spacial score (nSPS) is 13.4. The molecule has 0 N–H and O–H groups in total. The van der Waals surface area contributed by atoms with Gasteiger partial charge in [0.25, 0.3) is 0 Å². The number of nitrogens with zero attached hydrogens (tertiary/aromatic N) is 2. The molecule has 2 aromatic rings. The minimum Gasteiger partial charge on any atom is -0.264 e. The van der Waals surface area contributed by atoms with Gasteiger partial charge in [0.2, 0.25) is 0 Å². The molecule has 0 aliphatic rings. The number of benzene rings is 1. The highest BCUT2D eigenvalue weighted by Crippen LogP contribution is 2.33. The van der Waals surface area contributed by atoms with E-state index >= 15 is 0 Å². The lowest BCUT2D eigenvalue weighted by Crippen LogP contribution is -2.24. The molecule has 4 heteroatoms. The summed E-state index contributed by atoms with van der Waals surface area (Å²) in [4.78, 5) is 5.39. The molecule has 0 bridgehead atoms. The summed E-state index contributed by atoms with van der Waals surface area (Å²) in [5, 5.41) is 9.67. The highest BCUT2D eigenvalue weighted by Gasteiger charge is 2.30. The third-order valence-corrected chi connectivity index (χ3v) is 5.19. The van der Waals surface area contributed by atoms with Crippen molar-refractivity contribution in [3.8, 4) is 6.07 Å². The van der Waals surface area contributed by atoms with Gasteiger partial charge in [-0.15, -0.1) is 11.8 Å². The Bertz CT molecular complexity index is 607. The lowest BCUT2D eigenvalue weighted by Gasteiger charge is -2.25. The molecule has 1 aromatic carbocycles. The molecule has 0 saturated carbocycles. The summed E-state index contributed by atoms with van der Waals surface area (Å²) in [6, 6.07) is 14.7. The molecule has 21 heavy (non-hydrogen) atoms. The molecule has 1 heterocycles. The number of aromatic nitrogens is 1. The largest absolute Gasteiger partial charge is 0.264 e. The van der Waals surface area contributed by atoms with Crippen LogP contribution < -0.4 is 0 Å². The van der Waals surface area contributed by atoms with Crippen LogP contribution in [0, 0.1) is 11.3 Å². The molecule has 0 radical (unpaired) electrons. The zero-order valence-electron chi connectivity index (χ0n) is 11.9. The van der Waals surface area contributed by atoms with Crippen molar-refractivity contribution >= 4 is 27.7 Å². The molecular weight excluding hydrogens is 344 g/mol. The van der Waals surface area contributed by atoms with E-state index in [0.29, 0.717) is 0 Å². The first-order chi connectivity index (χ1) is 10.2. The van der Waals surface area contributed by atoms with E-state index < -0.39 is 5.41 Å². The molecule has 108 valence electrons. The first kappa shape index (κ1) is 16.1. The first-order valence-electron chi connectivity index (χ1n) is 6.90. The van der Waals surface area contributed by atoms with Crippen LogP contribution >= 0.6 is 27.7 Å². The van der Waals surface area contributed by atoms with Crippen LogP contribution in [0.4, 0.5) is 0 Å². The van der Waals surface area contributed by atoms with E-state index in [2.05, 4.69) is 46.0 Å². The van der Waals surface area contributed by atoms with Crippen LogP contribution in [0.2, 0.25) is 0 Å². The minimum atomic E-state index is -0.434. The van der Waals surface area contributed by atoms with Crippen LogP contribution in [0.5, 0.6) is 0 Å². The van der Waals surface area contributed by atoms with Crippen LogP contribution in [-0.2, 0) is 5.41 Å². The fourth-order valence-corrected chi connectivity index (χ4v) is 3.52. The Morgan fingerprint density at radius 2 is 2.05 bits per heavy atom. The Kier molecular flexibility index (Phi) is 5.84. The Labute approximate surface area is 138 Å². The molecular formula is C17H17BrN2S.